The van der Waals surface area contributed by atoms with Crippen LogP contribution in [0.1, 0.15) is 36.1 Å². The normalized spacial score (nSPS) is 12.0. The van der Waals surface area contributed by atoms with Gasteiger partial charge in [0.25, 0.3) is 12.0 Å². The van der Waals surface area contributed by atoms with Crippen molar-refractivity contribution in [2.24, 2.45) is 7.05 Å². The number of hydrogen-bond acceptors (Lipinski definition) is 9. The van der Waals surface area contributed by atoms with Crippen LogP contribution in [0.5, 0.6) is 5.88 Å². The fourth-order valence-electron chi connectivity index (χ4n) is 6.35. The van der Waals surface area contributed by atoms with Crippen molar-refractivity contribution in [1.82, 2.24) is 35.3 Å². The van der Waals surface area contributed by atoms with Crippen molar-refractivity contribution >= 4 is 51.5 Å². The highest BCUT2D eigenvalue weighted by Gasteiger charge is 2.22. The van der Waals surface area contributed by atoms with E-state index in [1.165, 1.54) is 18.8 Å². The fraction of sp³-hybridized carbons (Fsp3) is 0.359. The van der Waals surface area contributed by atoms with Crippen LogP contribution in [0, 0.1) is 0 Å². The first kappa shape index (κ1) is 41.3. The average molecular weight is 798 g/mol. The number of halogens is 4. The molecule has 292 valence electrons. The number of pyridine rings is 2. The standard InChI is InChI=1S/C30H23Cl2F2N5O2.C9H21N3O2/c1-39-30(40)24-16(14-35-39)13-23(27(33)34)37-28(24)36-21-11-5-9-19(26(21)32)18-8-4-10-20(25(18)31)22-12-15-6-3-7-17(15)29(38-22)41-2;1-10-5-4-6-12(7-8-14-3)9(13)11-2/h4-5,8-14,27H,3,6-7H2,1-2H3,(H,36,37);10H,4-8H2,1-3H3,(H,11,13). The summed E-state index contributed by atoms with van der Waals surface area (Å²) in [6.07, 6.45) is 2.38. The predicted octanol–water partition coefficient (Wildman–Crippen LogP) is 7.43. The van der Waals surface area contributed by atoms with E-state index in [2.05, 4.69) is 32.1 Å². The summed E-state index contributed by atoms with van der Waals surface area (Å²) in [6.45, 7) is 2.89. The summed E-state index contributed by atoms with van der Waals surface area (Å²) in [5, 5.41) is 13.7. The van der Waals surface area contributed by atoms with Gasteiger partial charge < -0.3 is 30.3 Å². The number of rotatable bonds is 13. The molecule has 16 heteroatoms. The fourth-order valence-corrected chi connectivity index (χ4v) is 6.95. The van der Waals surface area contributed by atoms with Crippen molar-refractivity contribution in [3.05, 3.63) is 91.9 Å². The Hall–Kier alpha value is -4.89. The van der Waals surface area contributed by atoms with Crippen molar-refractivity contribution in [2.45, 2.75) is 32.1 Å². The molecule has 0 fully saturated rings. The Morgan fingerprint density at radius 2 is 1.73 bits per heavy atom. The lowest BCUT2D eigenvalue weighted by molar-refractivity contribution is 0.146. The molecule has 0 spiro atoms. The Morgan fingerprint density at radius 1 is 1.00 bits per heavy atom. The molecule has 5 aromatic rings. The molecule has 3 heterocycles. The maximum absolute atomic E-state index is 13.7. The number of fused-ring (bicyclic) bond motifs is 2. The van der Waals surface area contributed by atoms with Gasteiger partial charge in [-0.1, -0.05) is 53.5 Å². The van der Waals surface area contributed by atoms with Crippen LogP contribution < -0.4 is 26.2 Å². The van der Waals surface area contributed by atoms with Gasteiger partial charge >= 0.3 is 6.03 Å². The van der Waals surface area contributed by atoms with Gasteiger partial charge in [0, 0.05) is 61.9 Å². The topological polar surface area (TPSA) is 136 Å². The Kier molecular flexibility index (Phi) is 14.3. The third kappa shape index (κ3) is 9.50. The first-order valence-corrected chi connectivity index (χ1v) is 18.4. The number of anilines is 2. The number of nitrogens with one attached hydrogen (secondary N) is 3. The van der Waals surface area contributed by atoms with Crippen LogP contribution in [0.3, 0.4) is 0 Å². The molecule has 0 radical (unpaired) electrons. The molecule has 1 aliphatic carbocycles. The van der Waals surface area contributed by atoms with Gasteiger partial charge in [-0.25, -0.2) is 28.2 Å². The largest absolute Gasteiger partial charge is 0.481 e. The van der Waals surface area contributed by atoms with E-state index in [1.807, 2.05) is 25.2 Å². The predicted molar refractivity (Wildman–Crippen MR) is 213 cm³/mol. The summed E-state index contributed by atoms with van der Waals surface area (Å²) >= 11 is 13.9. The molecule has 3 N–H and O–H groups in total. The van der Waals surface area contributed by atoms with Gasteiger partial charge in [0.15, 0.2) is 0 Å². The van der Waals surface area contributed by atoms with Crippen molar-refractivity contribution in [1.29, 1.82) is 0 Å². The Balaban J connectivity index is 0.000000354. The molecule has 6 rings (SSSR count). The van der Waals surface area contributed by atoms with E-state index in [-0.39, 0.29) is 27.6 Å². The van der Waals surface area contributed by atoms with Crippen molar-refractivity contribution in [3.63, 3.8) is 0 Å². The molecular formula is C39H44Cl2F2N8O4. The minimum Gasteiger partial charge on any atom is -0.481 e. The number of aromatic nitrogens is 4. The van der Waals surface area contributed by atoms with Gasteiger partial charge in [-0.2, -0.15) is 5.10 Å². The molecular weight excluding hydrogens is 753 g/mol. The van der Waals surface area contributed by atoms with Crippen molar-refractivity contribution < 1.29 is 23.0 Å². The van der Waals surface area contributed by atoms with Gasteiger partial charge in [0.05, 0.1) is 46.7 Å². The molecule has 2 amide bonds. The molecule has 0 atom stereocenters. The number of urea groups is 1. The summed E-state index contributed by atoms with van der Waals surface area (Å²) in [7, 11) is 8.26. The number of nitrogens with zero attached hydrogens (tertiary/aromatic N) is 5. The van der Waals surface area contributed by atoms with E-state index < -0.39 is 17.7 Å². The number of carbonyl (C=O) groups excluding carboxylic acids is 1. The molecule has 3 aromatic heterocycles. The molecule has 0 saturated carbocycles. The summed E-state index contributed by atoms with van der Waals surface area (Å²) in [4.78, 5) is 34.8. The molecule has 0 bridgehead atoms. The average Bonchev–Trinajstić information content (AvgIpc) is 3.67. The third-order valence-corrected chi connectivity index (χ3v) is 9.97. The second-order valence-electron chi connectivity index (χ2n) is 12.7. The smallest absolute Gasteiger partial charge is 0.317 e. The molecule has 0 unspecified atom stereocenters. The van der Waals surface area contributed by atoms with Gasteiger partial charge in [0.2, 0.25) is 5.88 Å². The minimum absolute atomic E-state index is 0.0434. The maximum Gasteiger partial charge on any atom is 0.317 e. The Bertz CT molecular complexity index is 2200. The number of benzene rings is 2. The van der Waals surface area contributed by atoms with E-state index >= 15 is 0 Å². The molecule has 0 saturated heterocycles. The van der Waals surface area contributed by atoms with E-state index in [9.17, 15) is 18.4 Å². The highest BCUT2D eigenvalue weighted by Crippen LogP contribution is 2.43. The highest BCUT2D eigenvalue weighted by molar-refractivity contribution is 6.39. The number of aryl methyl sites for hydroxylation is 2. The Morgan fingerprint density at radius 3 is 2.42 bits per heavy atom. The van der Waals surface area contributed by atoms with Gasteiger partial charge in [-0.15, -0.1) is 0 Å². The maximum atomic E-state index is 13.7. The first-order valence-electron chi connectivity index (χ1n) is 17.7. The number of carbonyl (C=O) groups is 1. The minimum atomic E-state index is -2.85. The second kappa shape index (κ2) is 19.1. The summed E-state index contributed by atoms with van der Waals surface area (Å²) < 4.78 is 38.9. The van der Waals surface area contributed by atoms with E-state index in [0.29, 0.717) is 46.6 Å². The molecule has 12 nitrogen and oxygen atoms in total. The summed E-state index contributed by atoms with van der Waals surface area (Å²) in [6, 6.07) is 14.0. The van der Waals surface area contributed by atoms with Crippen molar-refractivity contribution in [3.8, 4) is 28.3 Å². The van der Waals surface area contributed by atoms with Gasteiger partial charge in [-0.3, -0.25) is 4.79 Å². The van der Waals surface area contributed by atoms with Gasteiger partial charge in [0.1, 0.15) is 11.5 Å². The molecule has 1 aliphatic rings. The quantitative estimate of drug-likeness (QED) is 0.104. The lowest BCUT2D eigenvalue weighted by Gasteiger charge is -2.21. The number of alkyl halides is 2. The zero-order valence-corrected chi connectivity index (χ0v) is 32.8. The van der Waals surface area contributed by atoms with Crippen LogP contribution in [0.25, 0.3) is 33.2 Å². The number of hydrogen-bond donors (Lipinski definition) is 3. The number of amides is 2. The second-order valence-corrected chi connectivity index (χ2v) is 13.4. The van der Waals surface area contributed by atoms with E-state index in [4.69, 9.17) is 37.7 Å². The lowest BCUT2D eigenvalue weighted by Crippen LogP contribution is -2.41. The summed E-state index contributed by atoms with van der Waals surface area (Å²) in [5.74, 6) is 0.557. The highest BCUT2D eigenvalue weighted by atomic mass is 35.5. The van der Waals surface area contributed by atoms with E-state index in [0.717, 1.165) is 60.6 Å². The zero-order chi connectivity index (χ0) is 39.6. The van der Waals surface area contributed by atoms with Crippen LogP contribution in [0.4, 0.5) is 25.1 Å². The molecule has 0 aliphatic heterocycles. The summed E-state index contributed by atoms with van der Waals surface area (Å²) in [5.41, 5.74) is 4.39. The number of ether oxygens (including phenoxy) is 2. The van der Waals surface area contributed by atoms with Crippen LogP contribution in [-0.4, -0.2) is 85.2 Å². The first-order chi connectivity index (χ1) is 26.5. The molecule has 2 aromatic carbocycles. The third-order valence-electron chi connectivity index (χ3n) is 9.15. The lowest BCUT2D eigenvalue weighted by atomic mass is 9.99. The molecule has 55 heavy (non-hydrogen) atoms. The van der Waals surface area contributed by atoms with Crippen molar-refractivity contribution in [2.75, 3.05) is 59.9 Å². The zero-order valence-electron chi connectivity index (χ0n) is 31.3. The van der Waals surface area contributed by atoms with Crippen LogP contribution in [0.15, 0.2) is 59.5 Å². The Labute approximate surface area is 328 Å². The van der Waals surface area contributed by atoms with Crippen LogP contribution in [0.2, 0.25) is 10.0 Å². The van der Waals surface area contributed by atoms with Crippen LogP contribution in [-0.2, 0) is 24.6 Å². The van der Waals surface area contributed by atoms with Crippen LogP contribution >= 0.6 is 23.2 Å². The van der Waals surface area contributed by atoms with E-state index in [1.54, 1.807) is 44.4 Å². The monoisotopic (exact) mass is 796 g/mol. The number of methoxy groups -OCH3 is 2. The van der Waals surface area contributed by atoms with Gasteiger partial charge in [-0.05, 0) is 63.0 Å². The SMILES string of the molecule is CNCCCN(CCOC)C(=O)NC.COc1nc(-c2cccc(-c3cccc(Nc4nc(C(F)F)cc5cnn(C)c(=O)c45)c3Cl)c2Cl)cc2c1CCC2.